The fourth-order valence-electron chi connectivity index (χ4n) is 1.98. The summed E-state index contributed by atoms with van der Waals surface area (Å²) in [4.78, 5) is 12.1. The lowest BCUT2D eigenvalue weighted by Crippen LogP contribution is -2.14. The van der Waals surface area contributed by atoms with Crippen molar-refractivity contribution in [1.29, 1.82) is 5.26 Å². The Balaban J connectivity index is 2.19. The summed E-state index contributed by atoms with van der Waals surface area (Å²) in [6.45, 7) is 1.79. The van der Waals surface area contributed by atoms with Crippen molar-refractivity contribution in [3.63, 3.8) is 0 Å². The third kappa shape index (κ3) is 4.65. The van der Waals surface area contributed by atoms with E-state index in [0.29, 0.717) is 0 Å². The molecule has 0 aliphatic rings. The van der Waals surface area contributed by atoms with Gasteiger partial charge in [-0.2, -0.15) is 5.26 Å². The average Bonchev–Trinajstić information content (AvgIpc) is 2.55. The summed E-state index contributed by atoms with van der Waals surface area (Å²) in [5, 5.41) is 11.6. The van der Waals surface area contributed by atoms with Crippen LogP contribution in [0.25, 0.3) is 6.08 Å². The van der Waals surface area contributed by atoms with Crippen LogP contribution in [-0.4, -0.2) is 5.91 Å². The molecule has 2 rings (SSSR count). The minimum absolute atomic E-state index is 0.0448. The third-order valence-electron chi connectivity index (χ3n) is 3.05. The molecule has 114 valence electrons. The zero-order valence-corrected chi connectivity index (χ0v) is 12.6. The third-order valence-corrected chi connectivity index (χ3v) is 3.05. The number of halogens is 1. The van der Waals surface area contributed by atoms with Crippen LogP contribution in [0, 0.1) is 17.1 Å². The molecule has 3 nitrogen and oxygen atoms in total. The van der Waals surface area contributed by atoms with Gasteiger partial charge in [-0.05, 0) is 36.3 Å². The van der Waals surface area contributed by atoms with E-state index in [9.17, 15) is 9.18 Å². The van der Waals surface area contributed by atoms with Crippen LogP contribution >= 0.6 is 0 Å². The van der Waals surface area contributed by atoms with Crippen LogP contribution in [0.2, 0.25) is 0 Å². The quantitative estimate of drug-likeness (QED) is 0.519. The van der Waals surface area contributed by atoms with Gasteiger partial charge in [0.2, 0.25) is 0 Å². The molecule has 0 atom stereocenters. The van der Waals surface area contributed by atoms with Gasteiger partial charge in [0.05, 0.1) is 5.69 Å². The van der Waals surface area contributed by atoms with E-state index in [4.69, 9.17) is 5.26 Å². The van der Waals surface area contributed by atoms with Gasteiger partial charge in [0.1, 0.15) is 17.5 Å². The van der Waals surface area contributed by atoms with Gasteiger partial charge in [0, 0.05) is 0 Å². The van der Waals surface area contributed by atoms with Crippen LogP contribution in [0.4, 0.5) is 10.1 Å². The molecule has 0 aliphatic heterocycles. The lowest BCUT2D eigenvalue weighted by molar-refractivity contribution is -0.112. The van der Waals surface area contributed by atoms with Gasteiger partial charge in [-0.25, -0.2) is 4.39 Å². The minimum Gasteiger partial charge on any atom is -0.319 e. The zero-order chi connectivity index (χ0) is 16.7. The molecule has 4 heteroatoms. The van der Waals surface area contributed by atoms with E-state index in [1.807, 2.05) is 42.5 Å². The first-order valence-electron chi connectivity index (χ1n) is 7.01. The predicted octanol–water partition coefficient (Wildman–Crippen LogP) is 4.32. The number of allylic oxidation sites excluding steroid dienone is 2. The first kappa shape index (κ1) is 16.2. The zero-order valence-electron chi connectivity index (χ0n) is 12.6. The summed E-state index contributed by atoms with van der Waals surface area (Å²) in [6, 6.07) is 17.2. The molecule has 2 aromatic carbocycles. The second kappa shape index (κ2) is 7.71. The van der Waals surface area contributed by atoms with E-state index in [0.717, 1.165) is 11.1 Å². The number of rotatable bonds is 4. The topological polar surface area (TPSA) is 52.9 Å². The largest absolute Gasteiger partial charge is 0.319 e. The number of nitrogens with one attached hydrogen (secondary N) is 1. The van der Waals surface area contributed by atoms with Gasteiger partial charge in [-0.15, -0.1) is 0 Å². The summed E-state index contributed by atoms with van der Waals surface area (Å²) in [6.07, 6.45) is 3.33. The molecular weight excluding hydrogens is 291 g/mol. The summed E-state index contributed by atoms with van der Waals surface area (Å²) < 4.78 is 13.5. The van der Waals surface area contributed by atoms with Crippen LogP contribution in [0.15, 0.2) is 71.8 Å². The van der Waals surface area contributed by atoms with Gasteiger partial charge >= 0.3 is 0 Å². The van der Waals surface area contributed by atoms with Crippen LogP contribution in [0.3, 0.4) is 0 Å². The highest BCUT2D eigenvalue weighted by atomic mass is 19.1. The lowest BCUT2D eigenvalue weighted by Gasteiger charge is -2.05. The molecule has 0 saturated carbocycles. The number of carbonyl (C=O) groups excluding carboxylic acids is 1. The van der Waals surface area contributed by atoms with E-state index in [1.165, 1.54) is 24.3 Å². The van der Waals surface area contributed by atoms with Crippen LogP contribution in [0.1, 0.15) is 12.5 Å². The van der Waals surface area contributed by atoms with E-state index >= 15 is 0 Å². The molecule has 1 amide bonds. The van der Waals surface area contributed by atoms with E-state index < -0.39 is 11.7 Å². The van der Waals surface area contributed by atoms with Crippen LogP contribution < -0.4 is 5.32 Å². The highest BCUT2D eigenvalue weighted by molar-refractivity contribution is 6.07. The Bertz CT molecular complexity index is 802. The number of hydrogen-bond acceptors (Lipinski definition) is 2. The number of nitrogens with zero attached hydrogens (tertiary/aromatic N) is 1. The Morgan fingerprint density at radius 1 is 1.13 bits per heavy atom. The Labute approximate surface area is 134 Å². The van der Waals surface area contributed by atoms with Gasteiger partial charge < -0.3 is 5.32 Å². The Morgan fingerprint density at radius 2 is 1.78 bits per heavy atom. The summed E-state index contributed by atoms with van der Waals surface area (Å²) >= 11 is 0. The number of nitriles is 1. The van der Waals surface area contributed by atoms with Gasteiger partial charge in [-0.1, -0.05) is 48.5 Å². The van der Waals surface area contributed by atoms with Gasteiger partial charge in [-0.3, -0.25) is 4.79 Å². The highest BCUT2D eigenvalue weighted by Gasteiger charge is 2.11. The number of carbonyl (C=O) groups is 1. The molecule has 0 radical (unpaired) electrons. The molecule has 0 heterocycles. The molecule has 0 spiro atoms. The summed E-state index contributed by atoms with van der Waals surface area (Å²) in [5.74, 6) is -1.19. The van der Waals surface area contributed by atoms with Crippen molar-refractivity contribution in [3.05, 3.63) is 83.2 Å². The molecular formula is C19H15FN2O. The normalized spacial score (nSPS) is 11.7. The Morgan fingerprint density at radius 3 is 2.43 bits per heavy atom. The lowest BCUT2D eigenvalue weighted by atomic mass is 10.1. The maximum absolute atomic E-state index is 13.5. The first-order chi connectivity index (χ1) is 11.1. The van der Waals surface area contributed by atoms with Crippen molar-refractivity contribution in [2.24, 2.45) is 0 Å². The number of hydrogen-bond donors (Lipinski definition) is 1. The SMILES string of the molecule is CC(=C\c1ccccc1)/C=C(\C#N)C(=O)Nc1ccccc1F. The monoisotopic (exact) mass is 306 g/mol. The number of para-hydroxylation sites is 1. The molecule has 2 aromatic rings. The maximum atomic E-state index is 13.5. The van der Waals surface area contributed by atoms with Crippen molar-refractivity contribution < 1.29 is 9.18 Å². The number of anilines is 1. The molecule has 0 aliphatic carbocycles. The van der Waals surface area contributed by atoms with E-state index in [2.05, 4.69) is 5.32 Å². The molecule has 0 unspecified atom stereocenters. The maximum Gasteiger partial charge on any atom is 0.266 e. The second-order valence-electron chi connectivity index (χ2n) is 4.90. The van der Waals surface area contributed by atoms with Crippen molar-refractivity contribution in [2.75, 3.05) is 5.32 Å². The van der Waals surface area contributed by atoms with Gasteiger partial charge in [0.25, 0.3) is 5.91 Å². The van der Waals surface area contributed by atoms with E-state index in [1.54, 1.807) is 13.0 Å². The molecule has 0 fully saturated rings. The van der Waals surface area contributed by atoms with Crippen LogP contribution in [0.5, 0.6) is 0 Å². The fraction of sp³-hybridized carbons (Fsp3) is 0.0526. The minimum atomic E-state index is -0.640. The smallest absolute Gasteiger partial charge is 0.266 e. The van der Waals surface area contributed by atoms with E-state index in [-0.39, 0.29) is 11.3 Å². The van der Waals surface area contributed by atoms with Crippen molar-refractivity contribution in [3.8, 4) is 6.07 Å². The highest BCUT2D eigenvalue weighted by Crippen LogP contribution is 2.15. The predicted molar refractivity (Wildman–Crippen MR) is 88.8 cm³/mol. The van der Waals surface area contributed by atoms with Crippen LogP contribution in [-0.2, 0) is 4.79 Å². The Kier molecular flexibility index (Phi) is 5.43. The molecule has 0 saturated heterocycles. The first-order valence-corrected chi connectivity index (χ1v) is 7.01. The number of benzene rings is 2. The molecule has 0 bridgehead atoms. The molecule has 0 aromatic heterocycles. The molecule has 23 heavy (non-hydrogen) atoms. The average molecular weight is 306 g/mol. The standard InChI is InChI=1S/C19H15FN2O/c1-14(11-15-7-3-2-4-8-15)12-16(13-21)19(23)22-18-10-6-5-9-17(18)20/h2-12H,1H3,(H,22,23)/b14-11+,16-12+. The van der Waals surface area contributed by atoms with Crippen molar-refractivity contribution >= 4 is 17.7 Å². The Hall–Kier alpha value is -3.19. The van der Waals surface area contributed by atoms with Gasteiger partial charge in [0.15, 0.2) is 0 Å². The fourth-order valence-corrected chi connectivity index (χ4v) is 1.98. The second-order valence-corrected chi connectivity index (χ2v) is 4.90. The van der Waals surface area contributed by atoms with Crippen molar-refractivity contribution in [2.45, 2.75) is 6.92 Å². The molecule has 1 N–H and O–H groups in total. The van der Waals surface area contributed by atoms with Crippen molar-refractivity contribution in [1.82, 2.24) is 0 Å². The number of amides is 1. The summed E-state index contributed by atoms with van der Waals surface area (Å²) in [5.41, 5.74) is 1.67. The summed E-state index contributed by atoms with van der Waals surface area (Å²) in [7, 11) is 0.